The van der Waals surface area contributed by atoms with Crippen molar-refractivity contribution in [3.05, 3.63) is 65.2 Å². The lowest BCUT2D eigenvalue weighted by Gasteiger charge is -2.28. The number of carbonyl (C=O) groups excluding carboxylic acids is 1. The van der Waals surface area contributed by atoms with Crippen molar-refractivity contribution in [1.82, 2.24) is 4.57 Å². The molecule has 1 unspecified atom stereocenters. The van der Waals surface area contributed by atoms with Crippen molar-refractivity contribution in [2.45, 2.75) is 12.3 Å². The predicted molar refractivity (Wildman–Crippen MR) is 114 cm³/mol. The molecule has 2 aromatic carbocycles. The van der Waals surface area contributed by atoms with Crippen LogP contribution in [0.5, 0.6) is 17.2 Å². The number of carbonyl (C=O) groups is 2. The SMILES string of the molecule is COc1ccc(C2CC(=O)Nc3c(C(=O)O)cn(-c4ccccc4F)c32)c(OC)c1OC. The summed E-state index contributed by atoms with van der Waals surface area (Å²) in [7, 11) is 4.42. The molecule has 0 saturated heterocycles. The number of rotatable bonds is 6. The lowest BCUT2D eigenvalue weighted by molar-refractivity contribution is -0.116. The number of nitrogens with zero attached hydrogens (tertiary/aromatic N) is 1. The summed E-state index contributed by atoms with van der Waals surface area (Å²) in [5.74, 6) is -1.66. The summed E-state index contributed by atoms with van der Waals surface area (Å²) in [5, 5.41) is 12.4. The number of aromatic nitrogens is 1. The van der Waals surface area contributed by atoms with Gasteiger partial charge in [0.2, 0.25) is 11.7 Å². The van der Waals surface area contributed by atoms with Crippen LogP contribution in [-0.2, 0) is 4.79 Å². The fraction of sp³-hybridized carbons (Fsp3) is 0.217. The van der Waals surface area contributed by atoms with Gasteiger partial charge in [0.05, 0.1) is 38.4 Å². The van der Waals surface area contributed by atoms with Crippen molar-refractivity contribution < 1.29 is 33.3 Å². The first-order valence-corrected chi connectivity index (χ1v) is 9.73. The van der Waals surface area contributed by atoms with Crippen LogP contribution in [0.3, 0.4) is 0 Å². The molecular weight excluding hydrogens is 419 g/mol. The van der Waals surface area contributed by atoms with E-state index in [0.29, 0.717) is 28.5 Å². The van der Waals surface area contributed by atoms with Crippen molar-refractivity contribution in [3.8, 4) is 22.9 Å². The molecule has 1 aliphatic heterocycles. The van der Waals surface area contributed by atoms with Crippen LogP contribution in [0, 0.1) is 5.82 Å². The van der Waals surface area contributed by atoms with Crippen LogP contribution < -0.4 is 19.5 Å². The number of methoxy groups -OCH3 is 3. The standard InChI is InChI=1S/C23H21FN2O6/c1-30-17-9-8-12(21(31-2)22(17)32-3)13-10-18(27)25-19-14(23(28)29)11-26(20(13)19)16-7-5-4-6-15(16)24/h4-9,11,13H,10H2,1-3H3,(H,25,27)(H,28,29). The number of halogens is 1. The number of amides is 1. The van der Waals surface area contributed by atoms with Crippen LogP contribution in [0.25, 0.3) is 5.69 Å². The molecule has 166 valence electrons. The van der Waals surface area contributed by atoms with E-state index in [1.165, 1.54) is 38.2 Å². The number of hydrogen-bond acceptors (Lipinski definition) is 5. The van der Waals surface area contributed by atoms with E-state index >= 15 is 0 Å². The summed E-state index contributed by atoms with van der Waals surface area (Å²) < 4.78 is 32.6. The van der Waals surface area contributed by atoms with Crippen molar-refractivity contribution >= 4 is 17.6 Å². The van der Waals surface area contributed by atoms with Gasteiger partial charge in [-0.05, 0) is 18.2 Å². The molecule has 0 fully saturated rings. The Morgan fingerprint density at radius 1 is 1.09 bits per heavy atom. The van der Waals surface area contributed by atoms with Crippen LogP contribution >= 0.6 is 0 Å². The van der Waals surface area contributed by atoms with Gasteiger partial charge < -0.3 is 29.2 Å². The highest BCUT2D eigenvalue weighted by Gasteiger charge is 2.37. The molecule has 0 spiro atoms. The Kier molecular flexibility index (Phi) is 5.48. The van der Waals surface area contributed by atoms with Crippen LogP contribution in [0.15, 0.2) is 42.6 Å². The summed E-state index contributed by atoms with van der Waals surface area (Å²) in [6.45, 7) is 0. The lowest BCUT2D eigenvalue weighted by Crippen LogP contribution is -2.26. The number of ether oxygens (including phenoxy) is 3. The van der Waals surface area contributed by atoms with Gasteiger partial charge in [0, 0.05) is 24.1 Å². The smallest absolute Gasteiger partial charge is 0.339 e. The molecule has 1 aliphatic rings. The van der Waals surface area contributed by atoms with Gasteiger partial charge in [-0.3, -0.25) is 4.79 Å². The molecule has 0 aliphatic carbocycles. The Morgan fingerprint density at radius 3 is 2.44 bits per heavy atom. The fourth-order valence-electron chi connectivity index (χ4n) is 4.13. The molecule has 0 radical (unpaired) electrons. The zero-order valence-electron chi connectivity index (χ0n) is 17.6. The van der Waals surface area contributed by atoms with Crippen LogP contribution in [0.2, 0.25) is 0 Å². The number of fused-ring (bicyclic) bond motifs is 1. The van der Waals surface area contributed by atoms with Gasteiger partial charge in [-0.1, -0.05) is 18.2 Å². The highest BCUT2D eigenvalue weighted by Crippen LogP contribution is 2.49. The lowest BCUT2D eigenvalue weighted by atomic mass is 9.87. The third-order valence-corrected chi connectivity index (χ3v) is 5.48. The second-order valence-electron chi connectivity index (χ2n) is 7.16. The Labute approximate surface area is 183 Å². The molecule has 1 atom stereocenters. The fourth-order valence-corrected chi connectivity index (χ4v) is 4.13. The Bertz CT molecular complexity index is 1220. The maximum Gasteiger partial charge on any atom is 0.339 e. The number of carboxylic acid groups (broad SMARTS) is 1. The number of hydrogen-bond donors (Lipinski definition) is 2. The van der Waals surface area contributed by atoms with Crippen LogP contribution in [0.1, 0.15) is 34.0 Å². The summed E-state index contributed by atoms with van der Waals surface area (Å²) in [4.78, 5) is 24.5. The molecule has 9 heteroatoms. The summed E-state index contributed by atoms with van der Waals surface area (Å²) in [5.41, 5.74) is 1.16. The number of anilines is 1. The van der Waals surface area contributed by atoms with Gasteiger partial charge in [-0.2, -0.15) is 0 Å². The van der Waals surface area contributed by atoms with Gasteiger partial charge in [0.15, 0.2) is 11.5 Å². The number of carboxylic acids is 1. The van der Waals surface area contributed by atoms with Crippen LogP contribution in [0.4, 0.5) is 10.1 Å². The highest BCUT2D eigenvalue weighted by atomic mass is 19.1. The zero-order chi connectivity index (χ0) is 23.0. The number of nitrogens with one attached hydrogen (secondary N) is 1. The maximum atomic E-state index is 14.7. The third kappa shape index (κ3) is 3.31. The minimum absolute atomic E-state index is 0.00360. The molecule has 3 aromatic rings. The minimum Gasteiger partial charge on any atom is -0.493 e. The Hall–Kier alpha value is -4.01. The Balaban J connectivity index is 2.03. The molecule has 4 rings (SSSR count). The summed E-state index contributed by atoms with van der Waals surface area (Å²) in [6.07, 6.45) is 1.31. The highest BCUT2D eigenvalue weighted by molar-refractivity contribution is 6.04. The van der Waals surface area contributed by atoms with E-state index in [0.717, 1.165) is 0 Å². The first kappa shape index (κ1) is 21.2. The van der Waals surface area contributed by atoms with E-state index in [4.69, 9.17) is 14.2 Å². The molecular formula is C23H21FN2O6. The van der Waals surface area contributed by atoms with Gasteiger partial charge in [0.25, 0.3) is 0 Å². The molecule has 8 nitrogen and oxygen atoms in total. The molecule has 1 aromatic heterocycles. The Morgan fingerprint density at radius 2 is 1.81 bits per heavy atom. The molecule has 0 saturated carbocycles. The first-order valence-electron chi connectivity index (χ1n) is 9.73. The van der Waals surface area contributed by atoms with E-state index in [2.05, 4.69) is 5.32 Å². The molecule has 2 N–H and O–H groups in total. The van der Waals surface area contributed by atoms with Gasteiger partial charge >= 0.3 is 5.97 Å². The average Bonchev–Trinajstić information content (AvgIpc) is 3.17. The van der Waals surface area contributed by atoms with E-state index < -0.39 is 17.7 Å². The average molecular weight is 440 g/mol. The van der Waals surface area contributed by atoms with Gasteiger partial charge in [-0.15, -0.1) is 0 Å². The molecule has 0 bridgehead atoms. The molecule has 2 heterocycles. The van der Waals surface area contributed by atoms with Crippen molar-refractivity contribution in [3.63, 3.8) is 0 Å². The molecule has 1 amide bonds. The second kappa shape index (κ2) is 8.26. The third-order valence-electron chi connectivity index (χ3n) is 5.48. The van der Waals surface area contributed by atoms with E-state index in [1.807, 2.05) is 0 Å². The number of aromatic carboxylic acids is 1. The number of benzene rings is 2. The maximum absolute atomic E-state index is 14.7. The summed E-state index contributed by atoms with van der Waals surface area (Å²) >= 11 is 0. The first-order chi connectivity index (χ1) is 15.4. The van der Waals surface area contributed by atoms with E-state index in [-0.39, 0.29) is 29.3 Å². The van der Waals surface area contributed by atoms with Crippen LogP contribution in [-0.4, -0.2) is 42.9 Å². The monoisotopic (exact) mass is 440 g/mol. The van der Waals surface area contributed by atoms with Crippen molar-refractivity contribution in [2.75, 3.05) is 26.6 Å². The minimum atomic E-state index is -1.24. The largest absolute Gasteiger partial charge is 0.493 e. The summed E-state index contributed by atoms with van der Waals surface area (Å²) in [6, 6.07) is 9.43. The second-order valence-corrected chi connectivity index (χ2v) is 7.16. The molecule has 32 heavy (non-hydrogen) atoms. The van der Waals surface area contributed by atoms with Crippen molar-refractivity contribution in [1.29, 1.82) is 0 Å². The predicted octanol–water partition coefficient (Wildman–Crippen LogP) is 3.81. The van der Waals surface area contributed by atoms with Gasteiger partial charge in [0.1, 0.15) is 11.4 Å². The zero-order valence-corrected chi connectivity index (χ0v) is 17.6. The topological polar surface area (TPSA) is 99.0 Å². The number of para-hydroxylation sites is 1. The van der Waals surface area contributed by atoms with Crippen molar-refractivity contribution in [2.24, 2.45) is 0 Å². The quantitative estimate of drug-likeness (QED) is 0.605. The van der Waals surface area contributed by atoms with E-state index in [9.17, 15) is 19.1 Å². The van der Waals surface area contributed by atoms with E-state index in [1.54, 1.807) is 30.3 Å². The normalized spacial score (nSPS) is 15.0. The van der Waals surface area contributed by atoms with Gasteiger partial charge in [-0.25, -0.2) is 9.18 Å².